The number of benzene rings is 11. The second-order valence-corrected chi connectivity index (χ2v) is 17.4. The van der Waals surface area contributed by atoms with Crippen LogP contribution < -0.4 is 9.80 Å². The van der Waals surface area contributed by atoms with Crippen molar-refractivity contribution in [3.63, 3.8) is 0 Å². The smallest absolute Gasteiger partial charge is 0.0653 e. The molecule has 4 nitrogen and oxygen atoms in total. The molecule has 0 aliphatic heterocycles. The zero-order valence-electron chi connectivity index (χ0n) is 51.0. The molecule has 0 unspecified atom stereocenters. The number of hydrogen-bond acceptors (Lipinski definition) is 2. The zero-order chi connectivity index (χ0) is 58.0. The first-order valence-electron chi connectivity index (χ1n) is 30.0. The summed E-state index contributed by atoms with van der Waals surface area (Å²) in [5.41, 5.74) is 6.05. The molecule has 0 spiro atoms. The Balaban J connectivity index is 1.14. The third-order valence-corrected chi connectivity index (χ3v) is 13.6. The Morgan fingerprint density at radius 2 is 0.671 bits per heavy atom. The molecule has 11 aromatic carbocycles. The summed E-state index contributed by atoms with van der Waals surface area (Å²) in [7, 11) is 0. The lowest BCUT2D eigenvalue weighted by Gasteiger charge is -2.27. The van der Waals surface area contributed by atoms with Crippen molar-refractivity contribution in [2.45, 2.75) is 0 Å². The van der Waals surface area contributed by atoms with Gasteiger partial charge in [-0.05, 0) is 107 Å². The Kier molecular flexibility index (Phi) is 5.90. The van der Waals surface area contributed by atoms with E-state index in [2.05, 4.69) is 0 Å². The molecule has 0 fully saturated rings. The molecule has 0 saturated carbocycles. The van der Waals surface area contributed by atoms with Crippen LogP contribution in [0.25, 0.3) is 98.4 Å². The summed E-state index contributed by atoms with van der Waals surface area (Å²) < 4.78 is 140. The highest BCUT2D eigenvalue weighted by molar-refractivity contribution is 6.32. The molecule has 0 amide bonds. The van der Waals surface area contributed by atoms with Gasteiger partial charge in [0.05, 0.1) is 63.7 Å². The molecular weight excluding hydrogens is 849 g/mol. The Hall–Kier alpha value is -9.38. The maximum Gasteiger partial charge on any atom is 0.0653 e. The van der Waals surface area contributed by atoms with Crippen LogP contribution in [-0.2, 0) is 0 Å². The molecule has 4 heteroatoms. The maximum absolute atomic E-state index is 10.6. The van der Waals surface area contributed by atoms with Crippen LogP contribution in [0.3, 0.4) is 0 Å². The summed E-state index contributed by atoms with van der Waals surface area (Å²) in [4.78, 5) is 3.59. The highest BCUT2D eigenvalue weighted by atomic mass is 15.2. The lowest BCUT2D eigenvalue weighted by molar-refractivity contribution is 1.30. The van der Waals surface area contributed by atoms with E-state index in [0.29, 0.717) is 22.7 Å². The summed E-state index contributed by atoms with van der Waals surface area (Å²) in [6, 6.07) is 47.0. The fraction of sp³-hybridized carbons (Fsp3) is 0. The second kappa shape index (κ2) is 15.1. The van der Waals surface area contributed by atoms with Crippen molar-refractivity contribution in [2.75, 3.05) is 9.80 Å². The number of para-hydroxylation sites is 4. The van der Waals surface area contributed by atoms with Crippen molar-refractivity contribution in [3.05, 3.63) is 254 Å². The van der Waals surface area contributed by atoms with Crippen LogP contribution in [0, 0.1) is 0 Å². The van der Waals surface area contributed by atoms with Gasteiger partial charge < -0.3 is 18.6 Å². The number of hydrogen-bond donors (Lipinski definition) is 0. The molecular formula is C66H42N4. The number of nitrogens with zero attached hydrogens (tertiary/aromatic N) is 4. The van der Waals surface area contributed by atoms with Crippen LogP contribution in [0.1, 0.15) is 19.2 Å². The Labute approximate surface area is 423 Å². The van der Waals surface area contributed by atoms with Crippen molar-refractivity contribution in [2.24, 2.45) is 0 Å². The summed E-state index contributed by atoms with van der Waals surface area (Å²) in [6.45, 7) is 0. The highest BCUT2D eigenvalue weighted by Crippen LogP contribution is 2.51. The molecule has 4 aromatic heterocycles. The SMILES string of the molecule is [2H]c1c([2H])c([2H])c2c(c1[2H])c1c(N(c3ccccc3)c3cccc(-c4ccccc4)c3)c([2H])c([2H])c3c4c([2H])c5c(c([2H])c4n2c31)c1c([2H])c([2H])c(N(c2ccccc2)c2cccc(-c3ccccc3)c2)c2c3c([2H])c([2H])c([2H])c([2H])c3n5c12. The predicted octanol–water partition coefficient (Wildman–Crippen LogP) is 18.3. The molecule has 326 valence electrons. The minimum atomic E-state index is -0.576. The van der Waals surface area contributed by atoms with E-state index >= 15 is 0 Å². The van der Waals surface area contributed by atoms with Crippen LogP contribution in [0.4, 0.5) is 34.1 Å². The average molecular weight is 905 g/mol. The van der Waals surface area contributed by atoms with Gasteiger partial charge in [-0.3, -0.25) is 0 Å². The Bertz CT molecular complexity index is 4970. The van der Waals surface area contributed by atoms with E-state index in [0.717, 1.165) is 22.3 Å². The number of anilines is 6. The third-order valence-electron chi connectivity index (χ3n) is 13.6. The molecule has 0 saturated heterocycles. The first-order valence-corrected chi connectivity index (χ1v) is 23.0. The van der Waals surface area contributed by atoms with E-state index in [4.69, 9.17) is 5.48 Å². The number of rotatable bonds is 8. The minimum Gasteiger partial charge on any atom is -0.310 e. The third kappa shape index (κ3) is 5.59. The van der Waals surface area contributed by atoms with Gasteiger partial charge in [-0.25, -0.2) is 0 Å². The number of fused-ring (bicyclic) bond motifs is 12. The molecule has 0 radical (unpaired) electrons. The van der Waals surface area contributed by atoms with Gasteiger partial charge in [0, 0.05) is 65.8 Å². The zero-order valence-corrected chi connectivity index (χ0v) is 37.0. The fourth-order valence-corrected chi connectivity index (χ4v) is 10.6. The van der Waals surface area contributed by atoms with E-state index in [1.807, 2.05) is 170 Å². The maximum atomic E-state index is 10.6. The summed E-state index contributed by atoms with van der Waals surface area (Å²) in [5, 5.41) is 0.313. The molecule has 15 rings (SSSR count). The highest BCUT2D eigenvalue weighted by Gasteiger charge is 2.28. The van der Waals surface area contributed by atoms with Gasteiger partial charge in [-0.1, -0.05) is 170 Å². The monoisotopic (exact) mass is 904 g/mol. The fourth-order valence-electron chi connectivity index (χ4n) is 10.6. The van der Waals surface area contributed by atoms with E-state index < -0.39 is 48.3 Å². The average Bonchev–Trinajstić information content (AvgIpc) is 1.53. The lowest BCUT2D eigenvalue weighted by Crippen LogP contribution is -2.10. The standard InChI is InChI=1S/C66H42N4/c1-5-19-43(20-6-1)45-23-17-29-49(39-45)67(47-25-9-3-10-26-47)59-37-35-51-55-41-62-56(42-61(55)69-57-33-15-13-31-53(57)63(59)65(51)69)52-36-38-60(64-54-32-14-16-34-58(54)70(62)66(52)64)68(48-27-11-4-12-28-48)50-30-18-24-46(40-50)44-21-7-2-8-22-44/h1-42H/i13D,14D,15D,16D,31D,32D,33D,34D,35D,36D,37D,38D,41D,42D. The topological polar surface area (TPSA) is 15.3 Å². The molecule has 0 bridgehead atoms. The van der Waals surface area contributed by atoms with Crippen LogP contribution in [0.15, 0.2) is 254 Å². The normalized spacial score (nSPS) is 14.8. The first kappa shape index (κ1) is 27.4. The van der Waals surface area contributed by atoms with Crippen molar-refractivity contribution in [3.8, 4) is 22.3 Å². The van der Waals surface area contributed by atoms with Gasteiger partial charge in [-0.15, -0.1) is 0 Å². The van der Waals surface area contributed by atoms with Gasteiger partial charge in [0.2, 0.25) is 0 Å². The van der Waals surface area contributed by atoms with Crippen LogP contribution >= 0.6 is 0 Å². The summed E-state index contributed by atoms with van der Waals surface area (Å²) in [6.07, 6.45) is 0. The van der Waals surface area contributed by atoms with Gasteiger partial charge in [0.1, 0.15) is 0 Å². The van der Waals surface area contributed by atoms with Crippen molar-refractivity contribution < 1.29 is 19.2 Å². The first-order chi connectivity index (χ1) is 40.6. The molecule has 0 N–H and O–H groups in total. The van der Waals surface area contributed by atoms with Crippen molar-refractivity contribution in [1.82, 2.24) is 8.80 Å². The van der Waals surface area contributed by atoms with Crippen LogP contribution in [-0.4, -0.2) is 8.80 Å². The number of aromatic nitrogens is 2. The lowest BCUT2D eigenvalue weighted by atomic mass is 10.0. The quantitative estimate of drug-likeness (QED) is 0.151. The van der Waals surface area contributed by atoms with Crippen LogP contribution in [0.5, 0.6) is 0 Å². The van der Waals surface area contributed by atoms with E-state index in [1.165, 1.54) is 8.80 Å². The van der Waals surface area contributed by atoms with Gasteiger partial charge in [0.25, 0.3) is 0 Å². The van der Waals surface area contributed by atoms with Gasteiger partial charge in [-0.2, -0.15) is 0 Å². The summed E-state index contributed by atoms with van der Waals surface area (Å²) in [5.74, 6) is 0. The van der Waals surface area contributed by atoms with Gasteiger partial charge in [0.15, 0.2) is 0 Å². The largest absolute Gasteiger partial charge is 0.310 e. The molecule has 0 atom stereocenters. The van der Waals surface area contributed by atoms with Crippen molar-refractivity contribution >= 4 is 110 Å². The second-order valence-electron chi connectivity index (χ2n) is 17.4. The van der Waals surface area contributed by atoms with Crippen LogP contribution in [0.2, 0.25) is 0 Å². The summed E-state index contributed by atoms with van der Waals surface area (Å²) >= 11 is 0. The van der Waals surface area contributed by atoms with E-state index in [1.54, 1.807) is 9.80 Å². The Morgan fingerprint density at radius 1 is 0.300 bits per heavy atom. The van der Waals surface area contributed by atoms with E-state index in [9.17, 15) is 13.7 Å². The van der Waals surface area contributed by atoms with Crippen molar-refractivity contribution in [1.29, 1.82) is 0 Å². The molecule has 0 aliphatic carbocycles. The molecule has 15 aromatic rings. The van der Waals surface area contributed by atoms with Gasteiger partial charge >= 0.3 is 0 Å². The molecule has 70 heavy (non-hydrogen) atoms. The van der Waals surface area contributed by atoms with E-state index in [-0.39, 0.29) is 124 Å². The predicted molar refractivity (Wildman–Crippen MR) is 296 cm³/mol. The Morgan fingerprint density at radius 3 is 1.10 bits per heavy atom. The molecule has 0 aliphatic rings. The molecule has 4 heterocycles. The minimum absolute atomic E-state index is 0.00115.